The highest BCUT2D eigenvalue weighted by Crippen LogP contribution is 2.19. The molecule has 1 fully saturated rings. The van der Waals surface area contributed by atoms with E-state index in [0.717, 1.165) is 38.4 Å². The van der Waals surface area contributed by atoms with Crippen LogP contribution in [0.2, 0.25) is 0 Å². The van der Waals surface area contributed by atoms with Crippen molar-refractivity contribution in [1.82, 2.24) is 14.9 Å². The van der Waals surface area contributed by atoms with Gasteiger partial charge < -0.3 is 9.47 Å². The molecule has 3 aromatic rings. The fourth-order valence-electron chi connectivity index (χ4n) is 3.29. The van der Waals surface area contributed by atoms with Crippen LogP contribution in [0.3, 0.4) is 0 Å². The molecule has 1 unspecified atom stereocenters. The van der Waals surface area contributed by atoms with Crippen molar-refractivity contribution in [3.63, 3.8) is 0 Å². The molecule has 0 saturated carbocycles. The van der Waals surface area contributed by atoms with Gasteiger partial charge in [0.25, 0.3) is 0 Å². The Morgan fingerprint density at radius 3 is 2.48 bits per heavy atom. The van der Waals surface area contributed by atoms with Crippen LogP contribution in [0, 0.1) is 0 Å². The summed E-state index contributed by atoms with van der Waals surface area (Å²) in [4.78, 5) is 10.6. The van der Waals surface area contributed by atoms with Gasteiger partial charge in [-0.3, -0.25) is 4.90 Å². The van der Waals surface area contributed by atoms with E-state index < -0.39 is 0 Å². The molecule has 5 nitrogen and oxygen atoms in total. The van der Waals surface area contributed by atoms with Gasteiger partial charge in [-0.2, -0.15) is 0 Å². The van der Waals surface area contributed by atoms with Crippen molar-refractivity contribution in [2.45, 2.75) is 19.1 Å². The second-order valence-electron chi connectivity index (χ2n) is 6.70. The second kappa shape index (κ2) is 8.75. The van der Waals surface area contributed by atoms with Gasteiger partial charge >= 0.3 is 6.01 Å². The largest absolute Gasteiger partial charge is 0.424 e. The molecule has 27 heavy (non-hydrogen) atoms. The topological polar surface area (TPSA) is 47.5 Å². The zero-order chi connectivity index (χ0) is 18.3. The van der Waals surface area contributed by atoms with Crippen LogP contribution in [0.15, 0.2) is 73.1 Å². The van der Waals surface area contributed by atoms with Crippen molar-refractivity contribution < 1.29 is 9.47 Å². The molecule has 0 amide bonds. The fraction of sp³-hybridized carbons (Fsp3) is 0.273. The molecule has 4 rings (SSSR count). The Kier molecular flexibility index (Phi) is 5.72. The van der Waals surface area contributed by atoms with E-state index in [9.17, 15) is 0 Å². The summed E-state index contributed by atoms with van der Waals surface area (Å²) in [5.74, 6) is 0.744. The average Bonchev–Trinajstić information content (AvgIpc) is 2.71. The quantitative estimate of drug-likeness (QED) is 0.670. The predicted octanol–water partition coefficient (Wildman–Crippen LogP) is 3.71. The minimum atomic E-state index is 0.249. The van der Waals surface area contributed by atoms with Crippen molar-refractivity contribution >= 4 is 0 Å². The first kappa shape index (κ1) is 17.6. The van der Waals surface area contributed by atoms with Gasteiger partial charge in [0, 0.05) is 32.0 Å². The monoisotopic (exact) mass is 361 g/mol. The highest BCUT2D eigenvalue weighted by atomic mass is 16.5. The highest BCUT2D eigenvalue weighted by Gasteiger charge is 2.20. The maximum Gasteiger partial charge on any atom is 0.321 e. The summed E-state index contributed by atoms with van der Waals surface area (Å²) in [6, 6.07) is 20.8. The van der Waals surface area contributed by atoms with Gasteiger partial charge in [0.05, 0.1) is 12.7 Å². The Hall–Kier alpha value is -2.76. The van der Waals surface area contributed by atoms with E-state index in [-0.39, 0.29) is 6.10 Å². The lowest BCUT2D eigenvalue weighted by Crippen LogP contribution is -2.42. The van der Waals surface area contributed by atoms with Crippen LogP contribution in [0.4, 0.5) is 0 Å². The minimum absolute atomic E-state index is 0.249. The van der Waals surface area contributed by atoms with Crippen LogP contribution in [0.1, 0.15) is 11.1 Å². The van der Waals surface area contributed by atoms with Gasteiger partial charge in [0.1, 0.15) is 5.75 Å². The Morgan fingerprint density at radius 2 is 1.70 bits per heavy atom. The van der Waals surface area contributed by atoms with Crippen molar-refractivity contribution in [3.8, 4) is 11.8 Å². The van der Waals surface area contributed by atoms with E-state index in [0.29, 0.717) is 6.01 Å². The summed E-state index contributed by atoms with van der Waals surface area (Å²) in [5, 5.41) is 0. The smallest absolute Gasteiger partial charge is 0.321 e. The van der Waals surface area contributed by atoms with Crippen LogP contribution < -0.4 is 4.74 Å². The third kappa shape index (κ3) is 5.12. The number of nitrogens with zero attached hydrogens (tertiary/aromatic N) is 3. The van der Waals surface area contributed by atoms with E-state index in [4.69, 9.17) is 9.47 Å². The molecule has 1 aliphatic rings. The first-order valence-corrected chi connectivity index (χ1v) is 9.27. The molecule has 1 aromatic heterocycles. The van der Waals surface area contributed by atoms with Gasteiger partial charge in [-0.05, 0) is 35.7 Å². The van der Waals surface area contributed by atoms with Crippen molar-refractivity contribution in [3.05, 3.63) is 84.2 Å². The molecule has 138 valence electrons. The van der Waals surface area contributed by atoms with Crippen LogP contribution in [-0.4, -0.2) is 40.7 Å². The molecule has 0 aliphatic carbocycles. The Bertz CT molecular complexity index is 825. The first-order valence-electron chi connectivity index (χ1n) is 9.27. The molecular weight excluding hydrogens is 338 g/mol. The number of morpholine rings is 1. The summed E-state index contributed by atoms with van der Waals surface area (Å²) in [6.07, 6.45) is 4.54. The molecule has 0 spiro atoms. The zero-order valence-electron chi connectivity index (χ0n) is 15.2. The summed E-state index contributed by atoms with van der Waals surface area (Å²) in [6.45, 7) is 3.60. The van der Waals surface area contributed by atoms with Crippen molar-refractivity contribution in [2.75, 3.05) is 19.7 Å². The number of rotatable bonds is 6. The number of ether oxygens (including phenoxy) is 2. The lowest BCUT2D eigenvalue weighted by molar-refractivity contribution is -0.0304. The van der Waals surface area contributed by atoms with Crippen molar-refractivity contribution in [2.24, 2.45) is 0 Å². The van der Waals surface area contributed by atoms with Crippen molar-refractivity contribution in [1.29, 1.82) is 0 Å². The predicted molar refractivity (Wildman–Crippen MR) is 104 cm³/mol. The fourth-order valence-corrected chi connectivity index (χ4v) is 3.29. The highest BCUT2D eigenvalue weighted by molar-refractivity contribution is 5.29. The number of hydrogen-bond donors (Lipinski definition) is 0. The zero-order valence-corrected chi connectivity index (χ0v) is 15.2. The normalized spacial score (nSPS) is 17.6. The molecular formula is C22H23N3O2. The lowest BCUT2D eigenvalue weighted by atomic mass is 10.1. The molecule has 2 heterocycles. The maximum atomic E-state index is 5.96. The Balaban J connectivity index is 1.32. The summed E-state index contributed by atoms with van der Waals surface area (Å²) >= 11 is 0. The number of aromatic nitrogens is 2. The molecule has 1 saturated heterocycles. The molecule has 1 atom stereocenters. The van der Waals surface area contributed by atoms with Gasteiger partial charge in [-0.25, -0.2) is 9.97 Å². The van der Waals surface area contributed by atoms with E-state index in [1.807, 2.05) is 12.1 Å². The summed E-state index contributed by atoms with van der Waals surface area (Å²) in [5.41, 5.74) is 2.59. The van der Waals surface area contributed by atoms with E-state index >= 15 is 0 Å². The summed E-state index contributed by atoms with van der Waals surface area (Å²) in [7, 11) is 0. The standard InChI is InChI=1S/C22H23N3O2/c1-2-5-18(6-3-1)15-21-17-25(13-14-26-21)16-19-7-9-20(10-8-19)27-22-23-11-4-12-24-22/h1-12,21H,13-17H2. The number of benzene rings is 2. The molecule has 0 bridgehead atoms. The number of hydrogen-bond acceptors (Lipinski definition) is 5. The summed E-state index contributed by atoms with van der Waals surface area (Å²) < 4.78 is 11.6. The van der Waals surface area contributed by atoms with Gasteiger partial charge in [0.15, 0.2) is 0 Å². The second-order valence-corrected chi connectivity index (χ2v) is 6.70. The van der Waals surface area contributed by atoms with Crippen LogP contribution in [-0.2, 0) is 17.7 Å². The third-order valence-corrected chi connectivity index (χ3v) is 4.61. The molecule has 0 N–H and O–H groups in total. The van der Waals surface area contributed by atoms with Gasteiger partial charge in [-0.1, -0.05) is 42.5 Å². The van der Waals surface area contributed by atoms with Crippen LogP contribution in [0.25, 0.3) is 0 Å². The van der Waals surface area contributed by atoms with Gasteiger partial charge in [-0.15, -0.1) is 0 Å². The maximum absolute atomic E-state index is 5.96. The minimum Gasteiger partial charge on any atom is -0.424 e. The van der Waals surface area contributed by atoms with E-state index in [1.165, 1.54) is 11.1 Å². The third-order valence-electron chi connectivity index (χ3n) is 4.61. The van der Waals surface area contributed by atoms with E-state index in [2.05, 4.69) is 57.3 Å². The van der Waals surface area contributed by atoms with E-state index in [1.54, 1.807) is 18.5 Å². The SMILES string of the molecule is c1ccc(CC2CN(Cc3ccc(Oc4ncccn4)cc3)CCO2)cc1. The molecule has 1 aliphatic heterocycles. The molecule has 2 aromatic carbocycles. The molecule has 0 radical (unpaired) electrons. The Morgan fingerprint density at radius 1 is 0.926 bits per heavy atom. The van der Waals surface area contributed by atoms with Crippen LogP contribution >= 0.6 is 0 Å². The molecule has 5 heteroatoms. The van der Waals surface area contributed by atoms with Crippen LogP contribution in [0.5, 0.6) is 11.8 Å². The van der Waals surface area contributed by atoms with Gasteiger partial charge in [0.2, 0.25) is 0 Å². The Labute approximate surface area is 159 Å². The lowest BCUT2D eigenvalue weighted by Gasteiger charge is -2.33. The average molecular weight is 361 g/mol. The first-order chi connectivity index (χ1) is 13.3.